The Balaban J connectivity index is 2.31. The Morgan fingerprint density at radius 3 is 2.85 bits per heavy atom. The van der Waals surface area contributed by atoms with Gasteiger partial charge in [0.15, 0.2) is 0 Å². The normalized spacial score (nSPS) is 26.2. The maximum atomic E-state index is 11.7. The van der Waals surface area contributed by atoms with Crippen LogP contribution in [0, 0.1) is 11.8 Å². The molecule has 2 unspecified atom stereocenters. The highest BCUT2D eigenvalue weighted by molar-refractivity contribution is 5.81. The van der Waals surface area contributed by atoms with E-state index in [1.54, 1.807) is 0 Å². The van der Waals surface area contributed by atoms with Crippen molar-refractivity contribution in [2.24, 2.45) is 17.6 Å². The number of ketones is 1. The van der Waals surface area contributed by atoms with Crippen LogP contribution >= 0.6 is 0 Å². The second-order valence-electron chi connectivity index (χ2n) is 4.26. The highest BCUT2D eigenvalue weighted by Gasteiger charge is 2.26. The summed E-state index contributed by atoms with van der Waals surface area (Å²) in [6.45, 7) is 4.66. The van der Waals surface area contributed by atoms with Crippen LogP contribution in [0.5, 0.6) is 0 Å². The molecule has 13 heavy (non-hydrogen) atoms. The number of hydrogen-bond acceptors (Lipinski definition) is 3. The molecule has 1 aliphatic heterocycles. The number of carbonyl (C=O) groups is 1. The molecular weight excluding hydrogens is 164 g/mol. The minimum Gasteiger partial charge on any atom is -0.330 e. The number of nitrogens with two attached hydrogens (primary N) is 1. The van der Waals surface area contributed by atoms with E-state index >= 15 is 0 Å². The maximum Gasteiger partial charge on any atom is 0.137 e. The molecule has 0 aromatic carbocycles. The second-order valence-corrected chi connectivity index (χ2v) is 4.26. The fourth-order valence-corrected chi connectivity index (χ4v) is 1.79. The third-order valence-corrected chi connectivity index (χ3v) is 2.80. The molecule has 1 heterocycles. The van der Waals surface area contributed by atoms with Crippen LogP contribution in [0.4, 0.5) is 0 Å². The minimum absolute atomic E-state index is 0.277. The lowest BCUT2D eigenvalue weighted by Gasteiger charge is -2.12. The Morgan fingerprint density at radius 1 is 1.69 bits per heavy atom. The largest absolute Gasteiger partial charge is 0.330 e. The van der Waals surface area contributed by atoms with Gasteiger partial charge in [-0.1, -0.05) is 6.92 Å². The van der Waals surface area contributed by atoms with Crippen molar-refractivity contribution < 1.29 is 4.79 Å². The van der Waals surface area contributed by atoms with Crippen LogP contribution in [0.25, 0.3) is 0 Å². The van der Waals surface area contributed by atoms with Crippen molar-refractivity contribution in [3.05, 3.63) is 0 Å². The number of carbonyl (C=O) groups excluding carboxylic acids is 1. The third kappa shape index (κ3) is 3.08. The smallest absolute Gasteiger partial charge is 0.137 e. The molecule has 1 aliphatic rings. The Hall–Kier alpha value is -0.410. The van der Waals surface area contributed by atoms with Gasteiger partial charge in [0.2, 0.25) is 0 Å². The summed E-state index contributed by atoms with van der Waals surface area (Å²) >= 11 is 0. The maximum absolute atomic E-state index is 11.7. The Bertz CT molecular complexity index is 182. The average Bonchev–Trinajstić information content (AvgIpc) is 2.51. The molecule has 3 heteroatoms. The lowest BCUT2D eigenvalue weighted by molar-refractivity contribution is -0.123. The van der Waals surface area contributed by atoms with Crippen LogP contribution in [0.3, 0.4) is 0 Å². The topological polar surface area (TPSA) is 46.3 Å². The zero-order valence-electron chi connectivity index (χ0n) is 8.62. The molecule has 1 rings (SSSR count). The standard InChI is InChI=1S/C10H20N2O/c1-8(6-11)5-10(13)9-3-4-12(2)7-9/h8-9H,3-7,11H2,1-2H3. The van der Waals surface area contributed by atoms with Crippen molar-refractivity contribution in [1.82, 2.24) is 4.90 Å². The van der Waals surface area contributed by atoms with Gasteiger partial charge in [-0.05, 0) is 32.5 Å². The van der Waals surface area contributed by atoms with Crippen LogP contribution in [-0.4, -0.2) is 37.4 Å². The van der Waals surface area contributed by atoms with Crippen LogP contribution < -0.4 is 5.73 Å². The monoisotopic (exact) mass is 184 g/mol. The van der Waals surface area contributed by atoms with E-state index < -0.39 is 0 Å². The fourth-order valence-electron chi connectivity index (χ4n) is 1.79. The third-order valence-electron chi connectivity index (χ3n) is 2.80. The molecule has 1 fully saturated rings. The van der Waals surface area contributed by atoms with E-state index in [0.717, 1.165) is 19.5 Å². The summed E-state index contributed by atoms with van der Waals surface area (Å²) in [5.74, 6) is 1.03. The summed E-state index contributed by atoms with van der Waals surface area (Å²) in [4.78, 5) is 13.9. The van der Waals surface area contributed by atoms with Gasteiger partial charge in [0, 0.05) is 18.9 Å². The van der Waals surface area contributed by atoms with E-state index in [-0.39, 0.29) is 5.92 Å². The zero-order chi connectivity index (χ0) is 9.84. The van der Waals surface area contributed by atoms with E-state index in [1.807, 2.05) is 6.92 Å². The summed E-state index contributed by atoms with van der Waals surface area (Å²) < 4.78 is 0. The van der Waals surface area contributed by atoms with Crippen LogP contribution in [0.1, 0.15) is 19.8 Å². The molecule has 3 nitrogen and oxygen atoms in total. The van der Waals surface area contributed by atoms with Gasteiger partial charge in [0.05, 0.1) is 0 Å². The molecular formula is C10H20N2O. The molecule has 2 atom stereocenters. The molecule has 0 saturated carbocycles. The summed E-state index contributed by atoms with van der Waals surface area (Å²) in [6, 6.07) is 0. The summed E-state index contributed by atoms with van der Waals surface area (Å²) in [7, 11) is 2.07. The number of Topliss-reactive ketones (excluding diaryl/α,β-unsaturated/α-hetero) is 1. The molecule has 0 amide bonds. The van der Waals surface area contributed by atoms with Crippen molar-refractivity contribution in [2.45, 2.75) is 19.8 Å². The van der Waals surface area contributed by atoms with Gasteiger partial charge in [-0.3, -0.25) is 4.79 Å². The molecule has 76 valence electrons. The first kappa shape index (κ1) is 10.7. The summed E-state index contributed by atoms with van der Waals surface area (Å²) in [5, 5.41) is 0. The fraction of sp³-hybridized carbons (Fsp3) is 0.900. The summed E-state index contributed by atoms with van der Waals surface area (Å²) in [6.07, 6.45) is 1.70. The van der Waals surface area contributed by atoms with Crippen molar-refractivity contribution >= 4 is 5.78 Å². The van der Waals surface area contributed by atoms with Gasteiger partial charge in [0.25, 0.3) is 0 Å². The van der Waals surface area contributed by atoms with Gasteiger partial charge in [-0.25, -0.2) is 0 Å². The lowest BCUT2D eigenvalue weighted by atomic mass is 9.95. The molecule has 0 bridgehead atoms. The SMILES string of the molecule is CC(CN)CC(=O)C1CCN(C)C1. The van der Waals surface area contributed by atoms with Gasteiger partial charge < -0.3 is 10.6 Å². The predicted octanol–water partition coefficient (Wildman–Crippen LogP) is 0.492. The molecule has 1 saturated heterocycles. The molecule has 0 aromatic heterocycles. The molecule has 0 radical (unpaired) electrons. The number of likely N-dealkylation sites (tertiary alicyclic amines) is 1. The first-order valence-electron chi connectivity index (χ1n) is 5.04. The minimum atomic E-state index is 0.277. The second kappa shape index (κ2) is 4.72. The van der Waals surface area contributed by atoms with E-state index in [0.29, 0.717) is 24.7 Å². The molecule has 2 N–H and O–H groups in total. The van der Waals surface area contributed by atoms with Gasteiger partial charge in [0.1, 0.15) is 5.78 Å². The highest BCUT2D eigenvalue weighted by Crippen LogP contribution is 2.18. The Morgan fingerprint density at radius 2 is 2.38 bits per heavy atom. The Labute approximate surface area is 80.3 Å². The number of hydrogen-bond donors (Lipinski definition) is 1. The quantitative estimate of drug-likeness (QED) is 0.691. The van der Waals surface area contributed by atoms with Crippen molar-refractivity contribution in [1.29, 1.82) is 0 Å². The van der Waals surface area contributed by atoms with E-state index in [1.165, 1.54) is 0 Å². The van der Waals surface area contributed by atoms with Gasteiger partial charge >= 0.3 is 0 Å². The van der Waals surface area contributed by atoms with Crippen molar-refractivity contribution in [2.75, 3.05) is 26.7 Å². The number of rotatable bonds is 4. The average molecular weight is 184 g/mol. The molecule has 0 aromatic rings. The zero-order valence-corrected chi connectivity index (χ0v) is 8.62. The van der Waals surface area contributed by atoms with Crippen LogP contribution in [0.2, 0.25) is 0 Å². The lowest BCUT2D eigenvalue weighted by Crippen LogP contribution is -2.23. The highest BCUT2D eigenvalue weighted by atomic mass is 16.1. The predicted molar refractivity (Wildman–Crippen MR) is 53.4 cm³/mol. The van der Waals surface area contributed by atoms with Crippen LogP contribution in [-0.2, 0) is 4.79 Å². The van der Waals surface area contributed by atoms with Gasteiger partial charge in [-0.2, -0.15) is 0 Å². The van der Waals surface area contributed by atoms with Crippen molar-refractivity contribution in [3.8, 4) is 0 Å². The first-order valence-corrected chi connectivity index (χ1v) is 5.04. The number of nitrogens with zero attached hydrogens (tertiary/aromatic N) is 1. The molecule has 0 spiro atoms. The first-order chi connectivity index (χ1) is 6.13. The van der Waals surface area contributed by atoms with E-state index in [4.69, 9.17) is 5.73 Å². The van der Waals surface area contributed by atoms with Crippen LogP contribution in [0.15, 0.2) is 0 Å². The Kier molecular flexibility index (Phi) is 3.88. The van der Waals surface area contributed by atoms with Gasteiger partial charge in [-0.15, -0.1) is 0 Å². The summed E-state index contributed by atoms with van der Waals surface area (Å²) in [5.41, 5.74) is 5.48. The van der Waals surface area contributed by atoms with E-state index in [9.17, 15) is 4.79 Å². The van der Waals surface area contributed by atoms with E-state index in [2.05, 4.69) is 11.9 Å². The molecule has 0 aliphatic carbocycles. The van der Waals surface area contributed by atoms with Crippen molar-refractivity contribution in [3.63, 3.8) is 0 Å².